The van der Waals surface area contributed by atoms with Crippen LogP contribution in [-0.4, -0.2) is 16.7 Å². The Bertz CT molecular complexity index is 306. The second kappa shape index (κ2) is 3.73. The molecule has 0 aliphatic heterocycles. The van der Waals surface area contributed by atoms with Gasteiger partial charge in [0.05, 0.1) is 0 Å². The number of rotatable bonds is 3. The molecule has 1 N–H and O–H groups in total. The average molecular weight is 212 g/mol. The average Bonchev–Trinajstić information content (AvgIpc) is 2.14. The van der Waals surface area contributed by atoms with Gasteiger partial charge in [0.25, 0.3) is 0 Å². The normalized spacial score (nSPS) is 18.7. The summed E-state index contributed by atoms with van der Waals surface area (Å²) in [6, 6.07) is 3.61. The van der Waals surface area contributed by atoms with Gasteiger partial charge in [-0.15, -0.1) is 10.2 Å². The maximum Gasteiger partial charge on any atom is 0.151 e. The van der Waals surface area contributed by atoms with E-state index in [-0.39, 0.29) is 0 Å². The van der Waals surface area contributed by atoms with Crippen molar-refractivity contribution >= 4 is 17.4 Å². The summed E-state index contributed by atoms with van der Waals surface area (Å²) in [6.45, 7) is 3.27. The first-order valence-corrected chi connectivity index (χ1v) is 5.29. The lowest BCUT2D eigenvalue weighted by atomic mass is 9.70. The zero-order valence-electron chi connectivity index (χ0n) is 8.26. The Kier molecular flexibility index (Phi) is 2.59. The van der Waals surface area contributed by atoms with Crippen LogP contribution in [0.1, 0.15) is 26.2 Å². The predicted octanol–water partition coefficient (Wildman–Crippen LogP) is 2.73. The molecule has 1 aliphatic rings. The smallest absolute Gasteiger partial charge is 0.151 e. The third-order valence-corrected chi connectivity index (χ3v) is 3.09. The van der Waals surface area contributed by atoms with Crippen molar-refractivity contribution in [1.29, 1.82) is 0 Å². The molecule has 0 unspecified atom stereocenters. The molecular weight excluding hydrogens is 198 g/mol. The monoisotopic (exact) mass is 211 g/mol. The molecule has 1 heterocycles. The molecule has 0 amide bonds. The number of anilines is 1. The van der Waals surface area contributed by atoms with Crippen molar-refractivity contribution in [2.45, 2.75) is 26.2 Å². The minimum Gasteiger partial charge on any atom is -0.368 e. The molecule has 1 aromatic rings. The lowest BCUT2D eigenvalue weighted by molar-refractivity contribution is 0.180. The summed E-state index contributed by atoms with van der Waals surface area (Å²) in [6.07, 6.45) is 3.96. The number of halogens is 1. The van der Waals surface area contributed by atoms with Crippen molar-refractivity contribution in [3.05, 3.63) is 17.3 Å². The quantitative estimate of drug-likeness (QED) is 0.836. The predicted molar refractivity (Wildman–Crippen MR) is 57.5 cm³/mol. The van der Waals surface area contributed by atoms with Crippen LogP contribution in [-0.2, 0) is 0 Å². The van der Waals surface area contributed by atoms with Crippen LogP contribution in [0.2, 0.25) is 5.15 Å². The van der Waals surface area contributed by atoms with Crippen LogP contribution in [0.4, 0.5) is 5.82 Å². The lowest BCUT2D eigenvalue weighted by Crippen LogP contribution is -2.33. The number of nitrogens with one attached hydrogen (secondary N) is 1. The van der Waals surface area contributed by atoms with Crippen LogP contribution in [0.25, 0.3) is 0 Å². The summed E-state index contributed by atoms with van der Waals surface area (Å²) >= 11 is 5.64. The SMILES string of the molecule is CC1(CNc2ccc(Cl)nn2)CCC1. The van der Waals surface area contributed by atoms with E-state index in [2.05, 4.69) is 22.4 Å². The van der Waals surface area contributed by atoms with Gasteiger partial charge in [0, 0.05) is 6.54 Å². The Morgan fingerprint density at radius 1 is 1.43 bits per heavy atom. The first kappa shape index (κ1) is 9.71. The van der Waals surface area contributed by atoms with E-state index in [1.807, 2.05) is 6.07 Å². The molecule has 3 nitrogen and oxygen atoms in total. The molecule has 2 rings (SSSR count). The molecule has 1 aromatic heterocycles. The van der Waals surface area contributed by atoms with E-state index in [9.17, 15) is 0 Å². The molecule has 4 heteroatoms. The van der Waals surface area contributed by atoms with Gasteiger partial charge in [0.1, 0.15) is 5.82 Å². The molecule has 0 radical (unpaired) electrons. The Morgan fingerprint density at radius 3 is 2.71 bits per heavy atom. The van der Waals surface area contributed by atoms with Crippen LogP contribution >= 0.6 is 11.6 Å². The van der Waals surface area contributed by atoms with Crippen molar-refractivity contribution < 1.29 is 0 Å². The van der Waals surface area contributed by atoms with Gasteiger partial charge in [-0.2, -0.15) is 0 Å². The highest BCUT2D eigenvalue weighted by atomic mass is 35.5. The molecule has 1 aliphatic carbocycles. The molecule has 1 saturated carbocycles. The van der Waals surface area contributed by atoms with Gasteiger partial charge in [0.15, 0.2) is 5.15 Å². The van der Waals surface area contributed by atoms with Crippen LogP contribution in [0.5, 0.6) is 0 Å². The van der Waals surface area contributed by atoms with E-state index < -0.39 is 0 Å². The second-order valence-electron chi connectivity index (χ2n) is 4.26. The summed E-state index contributed by atoms with van der Waals surface area (Å²) in [5.41, 5.74) is 0.460. The van der Waals surface area contributed by atoms with E-state index in [4.69, 9.17) is 11.6 Å². The van der Waals surface area contributed by atoms with E-state index in [0.29, 0.717) is 10.6 Å². The highest BCUT2D eigenvalue weighted by molar-refractivity contribution is 6.29. The Morgan fingerprint density at radius 2 is 2.21 bits per heavy atom. The molecule has 0 atom stereocenters. The first-order valence-electron chi connectivity index (χ1n) is 4.91. The summed E-state index contributed by atoms with van der Waals surface area (Å²) in [5.74, 6) is 0.808. The molecule has 0 bridgehead atoms. The maximum absolute atomic E-state index is 5.64. The zero-order chi connectivity index (χ0) is 10.0. The molecule has 76 valence electrons. The van der Waals surface area contributed by atoms with Crippen LogP contribution in [0.15, 0.2) is 12.1 Å². The van der Waals surface area contributed by atoms with Crippen LogP contribution in [0.3, 0.4) is 0 Å². The highest BCUT2D eigenvalue weighted by Gasteiger charge is 2.31. The molecule has 0 spiro atoms. The van der Waals surface area contributed by atoms with Crippen LogP contribution < -0.4 is 5.32 Å². The van der Waals surface area contributed by atoms with Gasteiger partial charge in [-0.05, 0) is 30.4 Å². The Balaban J connectivity index is 1.88. The standard InChI is InChI=1S/C10H14ClN3/c1-10(5-2-6-10)7-12-9-4-3-8(11)13-14-9/h3-4H,2,5-7H2,1H3,(H,12,14). The molecule has 1 fully saturated rings. The van der Waals surface area contributed by atoms with E-state index in [1.54, 1.807) is 6.07 Å². The summed E-state index contributed by atoms with van der Waals surface area (Å²) < 4.78 is 0. The van der Waals surface area contributed by atoms with Gasteiger partial charge < -0.3 is 5.32 Å². The van der Waals surface area contributed by atoms with Crippen molar-refractivity contribution in [2.75, 3.05) is 11.9 Å². The molecular formula is C10H14ClN3. The summed E-state index contributed by atoms with van der Waals surface area (Å²) in [5, 5.41) is 11.4. The van der Waals surface area contributed by atoms with Crippen molar-refractivity contribution in [3.8, 4) is 0 Å². The van der Waals surface area contributed by atoms with Gasteiger partial charge >= 0.3 is 0 Å². The lowest BCUT2D eigenvalue weighted by Gasteiger charge is -2.38. The van der Waals surface area contributed by atoms with Crippen molar-refractivity contribution in [2.24, 2.45) is 5.41 Å². The minimum atomic E-state index is 0.436. The number of aromatic nitrogens is 2. The molecule has 0 aromatic carbocycles. The molecule has 14 heavy (non-hydrogen) atoms. The fourth-order valence-corrected chi connectivity index (χ4v) is 1.77. The van der Waals surface area contributed by atoms with Gasteiger partial charge in [-0.1, -0.05) is 24.9 Å². The molecule has 0 saturated heterocycles. The largest absolute Gasteiger partial charge is 0.368 e. The van der Waals surface area contributed by atoms with Crippen molar-refractivity contribution in [1.82, 2.24) is 10.2 Å². The third-order valence-electron chi connectivity index (χ3n) is 2.89. The van der Waals surface area contributed by atoms with E-state index >= 15 is 0 Å². The number of hydrogen-bond acceptors (Lipinski definition) is 3. The Labute approximate surface area is 88.9 Å². The highest BCUT2D eigenvalue weighted by Crippen LogP contribution is 2.39. The first-order chi connectivity index (χ1) is 6.68. The van der Waals surface area contributed by atoms with E-state index in [1.165, 1.54) is 19.3 Å². The topological polar surface area (TPSA) is 37.8 Å². The minimum absolute atomic E-state index is 0.436. The van der Waals surface area contributed by atoms with Gasteiger partial charge in [0.2, 0.25) is 0 Å². The van der Waals surface area contributed by atoms with E-state index in [0.717, 1.165) is 12.4 Å². The van der Waals surface area contributed by atoms with Gasteiger partial charge in [-0.25, -0.2) is 0 Å². The van der Waals surface area contributed by atoms with Crippen LogP contribution in [0, 0.1) is 5.41 Å². The fraction of sp³-hybridized carbons (Fsp3) is 0.600. The second-order valence-corrected chi connectivity index (χ2v) is 4.65. The van der Waals surface area contributed by atoms with Crippen molar-refractivity contribution in [3.63, 3.8) is 0 Å². The summed E-state index contributed by atoms with van der Waals surface area (Å²) in [7, 11) is 0. The number of nitrogens with zero attached hydrogens (tertiary/aromatic N) is 2. The number of hydrogen-bond donors (Lipinski definition) is 1. The van der Waals surface area contributed by atoms with Gasteiger partial charge in [-0.3, -0.25) is 0 Å². The zero-order valence-corrected chi connectivity index (χ0v) is 9.01. The third kappa shape index (κ3) is 2.15. The Hall–Kier alpha value is -0.830. The summed E-state index contributed by atoms with van der Waals surface area (Å²) in [4.78, 5) is 0. The maximum atomic E-state index is 5.64. The fourth-order valence-electron chi connectivity index (χ4n) is 1.67.